The molecule has 1 heterocycles. The van der Waals surface area contributed by atoms with Crippen LogP contribution in [0, 0.1) is 6.92 Å². The molecule has 0 aliphatic rings. The molecule has 90 valence electrons. The maximum absolute atomic E-state index is 11.1. The summed E-state index contributed by atoms with van der Waals surface area (Å²) in [7, 11) is 0. The number of hydrogen-bond acceptors (Lipinski definition) is 4. The van der Waals surface area contributed by atoms with Crippen LogP contribution in [0.15, 0.2) is 33.5 Å². The zero-order chi connectivity index (χ0) is 13.0. The molecule has 6 heteroatoms. The Morgan fingerprint density at radius 2 is 1.82 bits per heavy atom. The van der Waals surface area contributed by atoms with Crippen molar-refractivity contribution in [3.63, 3.8) is 0 Å². The van der Waals surface area contributed by atoms with Crippen molar-refractivity contribution in [3.8, 4) is 5.75 Å². The number of fused-ring (bicyclic) bond motifs is 1. The second-order valence-corrected chi connectivity index (χ2v) is 3.22. The fraction of sp³-hybridized carbons (Fsp3) is 0.0909. The maximum atomic E-state index is 11.1. The van der Waals surface area contributed by atoms with Gasteiger partial charge in [-0.1, -0.05) is 0 Å². The number of benzene rings is 1. The summed E-state index contributed by atoms with van der Waals surface area (Å²) in [6.07, 6.45) is -1.83. The van der Waals surface area contributed by atoms with Crippen LogP contribution in [0.3, 0.4) is 0 Å². The van der Waals surface area contributed by atoms with E-state index in [2.05, 4.69) is 0 Å². The molecular formula is C11H10O6. The Bertz CT molecular complexity index is 594. The summed E-state index contributed by atoms with van der Waals surface area (Å²) >= 11 is 0. The molecule has 17 heavy (non-hydrogen) atoms. The topological polar surface area (TPSA) is 108 Å². The maximum Gasteiger partial charge on any atom is 0.503 e. The first-order chi connectivity index (χ1) is 7.90. The molecule has 0 bridgehead atoms. The molecule has 6 nitrogen and oxygen atoms in total. The second kappa shape index (κ2) is 5.02. The molecule has 2 rings (SSSR count). The third-order valence-corrected chi connectivity index (χ3v) is 1.89. The Hall–Kier alpha value is -2.50. The van der Waals surface area contributed by atoms with Gasteiger partial charge in [-0.3, -0.25) is 0 Å². The van der Waals surface area contributed by atoms with Crippen LogP contribution in [0.5, 0.6) is 5.75 Å². The minimum Gasteiger partial charge on any atom is -0.508 e. The minimum atomic E-state index is -1.83. The van der Waals surface area contributed by atoms with Gasteiger partial charge in [0.15, 0.2) is 0 Å². The number of carboxylic acid groups (broad SMARTS) is 2. The molecule has 3 N–H and O–H groups in total. The van der Waals surface area contributed by atoms with Crippen LogP contribution in [0.25, 0.3) is 11.0 Å². The third kappa shape index (κ3) is 3.53. The fourth-order valence-corrected chi connectivity index (χ4v) is 1.20. The zero-order valence-corrected chi connectivity index (χ0v) is 8.88. The predicted molar refractivity (Wildman–Crippen MR) is 59.5 cm³/mol. The van der Waals surface area contributed by atoms with Crippen LogP contribution in [-0.4, -0.2) is 21.5 Å². The second-order valence-electron chi connectivity index (χ2n) is 3.22. The van der Waals surface area contributed by atoms with E-state index in [-0.39, 0.29) is 11.4 Å². The van der Waals surface area contributed by atoms with Crippen molar-refractivity contribution in [3.05, 3.63) is 40.2 Å². The van der Waals surface area contributed by atoms with Crippen molar-refractivity contribution in [1.29, 1.82) is 0 Å². The van der Waals surface area contributed by atoms with Crippen molar-refractivity contribution in [2.75, 3.05) is 0 Å². The van der Waals surface area contributed by atoms with E-state index in [1.807, 2.05) is 0 Å². The van der Waals surface area contributed by atoms with Crippen LogP contribution < -0.4 is 5.63 Å². The fourth-order valence-electron chi connectivity index (χ4n) is 1.20. The van der Waals surface area contributed by atoms with Crippen molar-refractivity contribution >= 4 is 17.1 Å². The number of phenols is 1. The number of carbonyl (C=O) groups is 1. The van der Waals surface area contributed by atoms with E-state index in [0.29, 0.717) is 11.1 Å². The van der Waals surface area contributed by atoms with Gasteiger partial charge in [-0.15, -0.1) is 0 Å². The highest BCUT2D eigenvalue weighted by atomic mass is 16.6. The normalized spacial score (nSPS) is 9.47. The van der Waals surface area contributed by atoms with Crippen molar-refractivity contribution in [2.45, 2.75) is 6.92 Å². The summed E-state index contributed by atoms with van der Waals surface area (Å²) in [6.45, 7) is 1.69. The molecule has 1 aromatic heterocycles. The van der Waals surface area contributed by atoms with Crippen LogP contribution >= 0.6 is 0 Å². The molecule has 0 aliphatic heterocycles. The highest BCUT2D eigenvalue weighted by Crippen LogP contribution is 2.18. The molecule has 0 spiro atoms. The van der Waals surface area contributed by atoms with Gasteiger partial charge in [0.2, 0.25) is 0 Å². The molecule has 0 saturated carbocycles. The van der Waals surface area contributed by atoms with Crippen LogP contribution in [0.2, 0.25) is 0 Å². The quantitative estimate of drug-likeness (QED) is 0.606. The Morgan fingerprint density at radius 3 is 2.41 bits per heavy atom. The molecule has 0 aliphatic carbocycles. The lowest BCUT2D eigenvalue weighted by Crippen LogP contribution is -2.01. The SMILES string of the molecule is Cc1cc2ccc(O)cc2oc1=O.O=C(O)O. The summed E-state index contributed by atoms with van der Waals surface area (Å²) in [6, 6.07) is 6.43. The zero-order valence-electron chi connectivity index (χ0n) is 8.88. The van der Waals surface area contributed by atoms with Gasteiger partial charge in [0.1, 0.15) is 11.3 Å². The lowest BCUT2D eigenvalue weighted by molar-refractivity contribution is 0.137. The average Bonchev–Trinajstić information content (AvgIpc) is 2.19. The van der Waals surface area contributed by atoms with Crippen molar-refractivity contribution in [2.24, 2.45) is 0 Å². The number of aromatic hydroxyl groups is 1. The highest BCUT2D eigenvalue weighted by molar-refractivity contribution is 5.78. The smallest absolute Gasteiger partial charge is 0.503 e. The van der Waals surface area contributed by atoms with Crippen LogP contribution in [-0.2, 0) is 0 Å². The lowest BCUT2D eigenvalue weighted by Gasteiger charge is -1.97. The Kier molecular flexibility index (Phi) is 3.71. The molecule has 0 atom stereocenters. The van der Waals surface area contributed by atoms with E-state index in [0.717, 1.165) is 5.39 Å². The Morgan fingerprint density at radius 1 is 1.24 bits per heavy atom. The summed E-state index contributed by atoms with van der Waals surface area (Å²) < 4.78 is 4.96. The highest BCUT2D eigenvalue weighted by Gasteiger charge is 2.01. The first-order valence-electron chi connectivity index (χ1n) is 4.55. The molecular weight excluding hydrogens is 228 g/mol. The number of phenolic OH excluding ortho intramolecular Hbond substituents is 1. The molecule has 0 amide bonds. The minimum absolute atomic E-state index is 0.0968. The summed E-state index contributed by atoms with van der Waals surface area (Å²) in [5.41, 5.74) is 0.617. The van der Waals surface area contributed by atoms with Gasteiger partial charge in [0, 0.05) is 17.0 Å². The standard InChI is InChI=1S/C10H8O3.CH2O3/c1-6-4-7-2-3-8(11)5-9(7)13-10(6)12;2-1(3)4/h2-5,11H,1H3;(H2,2,3,4). The van der Waals surface area contributed by atoms with E-state index in [4.69, 9.17) is 24.5 Å². The van der Waals surface area contributed by atoms with E-state index >= 15 is 0 Å². The Balaban J connectivity index is 0.000000317. The molecule has 0 radical (unpaired) electrons. The van der Waals surface area contributed by atoms with E-state index in [9.17, 15) is 4.79 Å². The van der Waals surface area contributed by atoms with Gasteiger partial charge in [0.25, 0.3) is 0 Å². The van der Waals surface area contributed by atoms with Crippen LogP contribution in [0.1, 0.15) is 5.56 Å². The monoisotopic (exact) mass is 238 g/mol. The number of aryl methyl sites for hydroxylation is 1. The summed E-state index contributed by atoms with van der Waals surface area (Å²) in [4.78, 5) is 19.7. The van der Waals surface area contributed by atoms with E-state index in [1.54, 1.807) is 25.1 Å². The summed E-state index contributed by atoms with van der Waals surface area (Å²) in [5.74, 6) is 0.0968. The van der Waals surface area contributed by atoms with Crippen LogP contribution in [0.4, 0.5) is 4.79 Å². The van der Waals surface area contributed by atoms with E-state index in [1.165, 1.54) is 6.07 Å². The third-order valence-electron chi connectivity index (χ3n) is 1.89. The predicted octanol–water partition coefficient (Wildman–Crippen LogP) is 2.03. The number of rotatable bonds is 0. The van der Waals surface area contributed by atoms with Gasteiger partial charge in [-0.25, -0.2) is 9.59 Å². The molecule has 0 unspecified atom stereocenters. The van der Waals surface area contributed by atoms with Crippen molar-refractivity contribution < 1.29 is 24.5 Å². The van der Waals surface area contributed by atoms with Crippen molar-refractivity contribution in [1.82, 2.24) is 0 Å². The van der Waals surface area contributed by atoms with E-state index < -0.39 is 6.16 Å². The molecule has 0 fully saturated rings. The average molecular weight is 238 g/mol. The Labute approximate surface area is 95.4 Å². The van der Waals surface area contributed by atoms with Gasteiger partial charge in [0.05, 0.1) is 0 Å². The lowest BCUT2D eigenvalue weighted by atomic mass is 10.2. The molecule has 1 aromatic carbocycles. The number of hydrogen-bond donors (Lipinski definition) is 3. The first-order valence-corrected chi connectivity index (χ1v) is 4.55. The first kappa shape index (κ1) is 12.6. The summed E-state index contributed by atoms with van der Waals surface area (Å²) in [5, 5.41) is 23.9. The van der Waals surface area contributed by atoms with Gasteiger partial charge in [-0.05, 0) is 25.1 Å². The van der Waals surface area contributed by atoms with Gasteiger partial charge in [-0.2, -0.15) is 0 Å². The van der Waals surface area contributed by atoms with Gasteiger partial charge >= 0.3 is 11.8 Å². The van der Waals surface area contributed by atoms with Gasteiger partial charge < -0.3 is 19.7 Å². The molecule has 2 aromatic rings. The molecule has 0 saturated heterocycles. The largest absolute Gasteiger partial charge is 0.508 e.